The summed E-state index contributed by atoms with van der Waals surface area (Å²) in [7, 11) is 0. The zero-order chi connectivity index (χ0) is 18.8. The molecule has 0 amide bonds. The first-order valence-electron chi connectivity index (χ1n) is 10.2. The lowest BCUT2D eigenvalue weighted by Gasteiger charge is -2.36. The Bertz CT molecular complexity index is 895. The van der Waals surface area contributed by atoms with E-state index in [2.05, 4.69) is 50.3 Å². The molecule has 3 aliphatic rings. The highest BCUT2D eigenvalue weighted by molar-refractivity contribution is 5.51. The molecule has 0 aliphatic carbocycles. The lowest BCUT2D eigenvalue weighted by atomic mass is 9.94. The quantitative estimate of drug-likeness (QED) is 0.679. The van der Waals surface area contributed by atoms with Crippen molar-refractivity contribution in [3.63, 3.8) is 0 Å². The molecule has 6 rings (SSSR count). The minimum Gasteiger partial charge on any atom is -0.419 e. The van der Waals surface area contributed by atoms with Crippen LogP contribution < -0.4 is 0 Å². The van der Waals surface area contributed by atoms with E-state index in [1.54, 1.807) is 0 Å². The third-order valence-corrected chi connectivity index (χ3v) is 5.98. The molecule has 2 bridgehead atoms. The fraction of sp³-hybridized carbons (Fsp3) is 0.391. The molecule has 3 fully saturated rings. The van der Waals surface area contributed by atoms with Crippen molar-refractivity contribution in [1.82, 2.24) is 20.0 Å². The average molecular weight is 374 g/mol. The maximum Gasteiger partial charge on any atom is 0.247 e. The van der Waals surface area contributed by atoms with Crippen LogP contribution in [0.2, 0.25) is 0 Å². The molecule has 144 valence electrons. The summed E-state index contributed by atoms with van der Waals surface area (Å²) in [6.07, 6.45) is 2.61. The van der Waals surface area contributed by atoms with Gasteiger partial charge in [-0.1, -0.05) is 48.5 Å². The summed E-state index contributed by atoms with van der Waals surface area (Å²) in [6.45, 7) is 5.17. The van der Waals surface area contributed by atoms with Crippen LogP contribution in [0.5, 0.6) is 0 Å². The van der Waals surface area contributed by atoms with Gasteiger partial charge in [-0.15, -0.1) is 10.2 Å². The van der Waals surface area contributed by atoms with Crippen LogP contribution in [0.4, 0.5) is 0 Å². The molecule has 5 nitrogen and oxygen atoms in total. The third-order valence-electron chi connectivity index (χ3n) is 5.98. The van der Waals surface area contributed by atoms with Gasteiger partial charge in [0, 0.05) is 37.8 Å². The molecule has 5 heteroatoms. The predicted octanol–water partition coefficient (Wildman–Crippen LogP) is 3.83. The van der Waals surface area contributed by atoms with Crippen molar-refractivity contribution in [2.75, 3.05) is 19.6 Å². The summed E-state index contributed by atoms with van der Waals surface area (Å²) < 4.78 is 5.95. The Balaban J connectivity index is 1.26. The molecular formula is C23H26N4O. The fourth-order valence-corrected chi connectivity index (χ4v) is 4.62. The summed E-state index contributed by atoms with van der Waals surface area (Å²) in [6, 6.07) is 21.4. The standard InChI is InChI=1S/C23H26N4O/c1-3-7-18(8-4-1)14-27-15-19-11-12-21(27)16-26(13-19)17-22-24-25-23(28-22)20-9-5-2-6-10-20/h1-10,19,21H,11-17H2/t19-,21+/m1/s1. The zero-order valence-electron chi connectivity index (χ0n) is 16.1. The molecule has 3 aromatic rings. The minimum atomic E-state index is 0.607. The molecule has 0 spiro atoms. The van der Waals surface area contributed by atoms with Gasteiger partial charge in [-0.2, -0.15) is 0 Å². The summed E-state index contributed by atoms with van der Waals surface area (Å²) in [4.78, 5) is 5.18. The largest absolute Gasteiger partial charge is 0.419 e. The first kappa shape index (κ1) is 17.6. The molecule has 0 N–H and O–H groups in total. The predicted molar refractivity (Wildman–Crippen MR) is 108 cm³/mol. The maximum absolute atomic E-state index is 5.95. The summed E-state index contributed by atoms with van der Waals surface area (Å²) in [5.41, 5.74) is 2.39. The van der Waals surface area contributed by atoms with Crippen LogP contribution in [-0.2, 0) is 13.1 Å². The number of nitrogens with zero attached hydrogens (tertiary/aromatic N) is 4. The number of benzene rings is 2. The van der Waals surface area contributed by atoms with Crippen LogP contribution in [0.15, 0.2) is 65.1 Å². The van der Waals surface area contributed by atoms with Crippen molar-refractivity contribution in [1.29, 1.82) is 0 Å². The van der Waals surface area contributed by atoms with Crippen molar-refractivity contribution in [3.05, 3.63) is 72.1 Å². The smallest absolute Gasteiger partial charge is 0.247 e. The van der Waals surface area contributed by atoms with Crippen LogP contribution in [-0.4, -0.2) is 45.7 Å². The first-order valence-corrected chi connectivity index (χ1v) is 10.2. The SMILES string of the molecule is c1ccc(CN2C[C@@H]3CC[C@H]2CN(Cc2nnc(-c4ccccc4)o2)C3)cc1. The molecule has 0 radical (unpaired) electrons. The number of hydrogen-bond acceptors (Lipinski definition) is 5. The van der Waals surface area contributed by atoms with Crippen molar-refractivity contribution < 1.29 is 4.42 Å². The molecule has 3 saturated heterocycles. The molecular weight excluding hydrogens is 348 g/mol. The van der Waals surface area contributed by atoms with Crippen LogP contribution >= 0.6 is 0 Å². The molecule has 2 atom stereocenters. The van der Waals surface area contributed by atoms with E-state index in [1.165, 1.54) is 24.9 Å². The minimum absolute atomic E-state index is 0.607. The maximum atomic E-state index is 5.95. The second-order valence-corrected chi connectivity index (χ2v) is 8.07. The van der Waals surface area contributed by atoms with Gasteiger partial charge in [0.2, 0.25) is 11.8 Å². The highest BCUT2D eigenvalue weighted by atomic mass is 16.4. The van der Waals surface area contributed by atoms with E-state index in [0.717, 1.165) is 43.6 Å². The molecule has 28 heavy (non-hydrogen) atoms. The van der Waals surface area contributed by atoms with E-state index < -0.39 is 0 Å². The lowest BCUT2D eigenvalue weighted by Crippen LogP contribution is -2.43. The number of rotatable bonds is 5. The highest BCUT2D eigenvalue weighted by Crippen LogP contribution is 2.30. The normalized spacial score (nSPS) is 23.0. The van der Waals surface area contributed by atoms with Gasteiger partial charge < -0.3 is 4.42 Å². The van der Waals surface area contributed by atoms with Gasteiger partial charge in [-0.25, -0.2) is 0 Å². The first-order chi connectivity index (χ1) is 13.8. The number of hydrogen-bond donors (Lipinski definition) is 0. The number of aromatic nitrogens is 2. The lowest BCUT2D eigenvalue weighted by molar-refractivity contribution is 0.122. The van der Waals surface area contributed by atoms with Crippen molar-refractivity contribution >= 4 is 0 Å². The molecule has 2 aromatic carbocycles. The van der Waals surface area contributed by atoms with E-state index >= 15 is 0 Å². The van der Waals surface area contributed by atoms with Crippen LogP contribution in [0.1, 0.15) is 24.3 Å². The van der Waals surface area contributed by atoms with E-state index in [9.17, 15) is 0 Å². The Morgan fingerprint density at radius 3 is 2.43 bits per heavy atom. The monoisotopic (exact) mass is 374 g/mol. The van der Waals surface area contributed by atoms with E-state index in [-0.39, 0.29) is 0 Å². The van der Waals surface area contributed by atoms with Crippen molar-refractivity contribution in [2.45, 2.75) is 32.0 Å². The van der Waals surface area contributed by atoms with Gasteiger partial charge in [0.1, 0.15) is 0 Å². The van der Waals surface area contributed by atoms with Crippen molar-refractivity contribution in [2.24, 2.45) is 5.92 Å². The molecule has 0 unspecified atom stereocenters. The Kier molecular flexibility index (Phi) is 4.93. The molecule has 4 heterocycles. The van der Waals surface area contributed by atoms with Gasteiger partial charge in [0.15, 0.2) is 0 Å². The second kappa shape index (κ2) is 7.86. The van der Waals surface area contributed by atoms with E-state index in [4.69, 9.17) is 4.42 Å². The Morgan fingerprint density at radius 2 is 1.61 bits per heavy atom. The topological polar surface area (TPSA) is 45.4 Å². The summed E-state index contributed by atoms with van der Waals surface area (Å²) in [5, 5.41) is 8.55. The molecule has 3 aliphatic heterocycles. The van der Waals surface area contributed by atoms with E-state index in [0.29, 0.717) is 11.9 Å². The van der Waals surface area contributed by atoms with Gasteiger partial charge in [-0.3, -0.25) is 9.80 Å². The number of fused-ring (bicyclic) bond motifs is 4. The second-order valence-electron chi connectivity index (χ2n) is 8.07. The Morgan fingerprint density at radius 1 is 0.821 bits per heavy atom. The molecule has 0 saturated carbocycles. The Labute approximate surface area is 166 Å². The van der Waals surface area contributed by atoms with Gasteiger partial charge in [0.25, 0.3) is 0 Å². The van der Waals surface area contributed by atoms with Gasteiger partial charge in [0.05, 0.1) is 6.54 Å². The van der Waals surface area contributed by atoms with E-state index in [1.807, 2.05) is 30.3 Å². The zero-order valence-corrected chi connectivity index (χ0v) is 16.1. The van der Waals surface area contributed by atoms with Crippen LogP contribution in [0.3, 0.4) is 0 Å². The highest BCUT2D eigenvalue weighted by Gasteiger charge is 2.35. The van der Waals surface area contributed by atoms with Gasteiger partial charge in [-0.05, 0) is 36.5 Å². The summed E-state index contributed by atoms with van der Waals surface area (Å²) in [5.74, 6) is 2.05. The van der Waals surface area contributed by atoms with Gasteiger partial charge >= 0.3 is 0 Å². The fourth-order valence-electron chi connectivity index (χ4n) is 4.62. The number of piperidine rings is 1. The third kappa shape index (κ3) is 3.86. The molecule has 1 aromatic heterocycles. The summed E-state index contributed by atoms with van der Waals surface area (Å²) >= 11 is 0. The van der Waals surface area contributed by atoms with Crippen LogP contribution in [0, 0.1) is 5.92 Å². The average Bonchev–Trinajstić information content (AvgIpc) is 3.03. The van der Waals surface area contributed by atoms with Crippen molar-refractivity contribution in [3.8, 4) is 11.5 Å². The Hall–Kier alpha value is -2.50. The van der Waals surface area contributed by atoms with Crippen LogP contribution in [0.25, 0.3) is 11.5 Å².